The van der Waals surface area contributed by atoms with Crippen molar-refractivity contribution in [2.75, 3.05) is 0 Å². The number of imidazole rings is 1. The van der Waals surface area contributed by atoms with Crippen LogP contribution in [0.4, 0.5) is 0 Å². The molecule has 5 heteroatoms. The molecule has 0 aliphatic carbocycles. The van der Waals surface area contributed by atoms with E-state index in [-0.39, 0.29) is 63.9 Å². The maximum Gasteiger partial charge on any atom is 0.269 e. The summed E-state index contributed by atoms with van der Waals surface area (Å²) in [6.45, 7) is 6.02. The molecule has 0 N–H and O–H groups in total. The first kappa shape index (κ1) is 23.7. The average molecular weight is 764 g/mol. The zero-order chi connectivity index (χ0) is 50.5. The molecule has 0 saturated heterocycles. The van der Waals surface area contributed by atoms with E-state index in [0.717, 1.165) is 16.3 Å². The second kappa shape index (κ2) is 14.7. The van der Waals surface area contributed by atoms with Gasteiger partial charge in [-0.3, -0.25) is 13.7 Å². The third-order valence-corrected chi connectivity index (χ3v) is 10.6. The number of hydrogen-bond acceptors (Lipinski definition) is 2. The lowest BCUT2D eigenvalue weighted by atomic mass is 9.91. The molecule has 3 heterocycles. The van der Waals surface area contributed by atoms with Gasteiger partial charge in [-0.15, -0.1) is 0 Å². The van der Waals surface area contributed by atoms with Gasteiger partial charge >= 0.3 is 0 Å². The lowest BCUT2D eigenvalue weighted by Gasteiger charge is -2.17. The van der Waals surface area contributed by atoms with Crippen molar-refractivity contribution in [2.24, 2.45) is 5.92 Å². The molecule has 280 valence electrons. The summed E-state index contributed by atoms with van der Waals surface area (Å²) in [5.74, 6) is 1.06. The molecule has 3 aromatic heterocycles. The molecule has 7 aromatic carbocycles. The van der Waals surface area contributed by atoms with Crippen molar-refractivity contribution < 1.29 is 27.1 Å². The standard InChI is InChI=1S/C53H42N4O/c1-36(2)37(3)40-30-31-54-52(32-40)57-48-25-11-10-22-46(48)47-29-28-43(34-51(47)57)58-42-21-14-20-41(33-42)55-35-56(50-27-13-12-26-49(50)55)53-44(38-16-6-4-7-17-38)23-15-24-45(53)39-18-8-5-9-19-39/h4-34,36-37H,1-3H3/i4D,5D,6D,7D,8D,9D,16D,17D,18D,19D,30D,31D,32D. The summed E-state index contributed by atoms with van der Waals surface area (Å²) in [6, 6.07) is 27.2. The summed E-state index contributed by atoms with van der Waals surface area (Å²) in [7, 11) is 0. The van der Waals surface area contributed by atoms with Gasteiger partial charge in [0.05, 0.1) is 51.3 Å². The minimum absolute atomic E-state index is 0.0596. The fourth-order valence-corrected chi connectivity index (χ4v) is 7.43. The summed E-state index contributed by atoms with van der Waals surface area (Å²) in [4.78, 5) is 4.53. The SMILES string of the molecule is [2H]c1nc(-n2c3ccccc3c3ccc(Oc4cccc(-n5[c-][n+](-c6c(-c7c([2H])c([2H])c([2H])c([2H])c7[2H])cccc6-c6c([2H])c([2H])c([2H])c([2H])c6[2H])c6ccccc65)c4)cc32)c([2H])c(C(C)C(C)C)c1[2H]. The summed E-state index contributed by atoms with van der Waals surface area (Å²) >= 11 is 0. The number of para-hydroxylation sites is 4. The third-order valence-electron chi connectivity index (χ3n) is 10.6. The fourth-order valence-electron chi connectivity index (χ4n) is 7.43. The van der Waals surface area contributed by atoms with Gasteiger partial charge in [-0.2, -0.15) is 0 Å². The van der Waals surface area contributed by atoms with Gasteiger partial charge in [0.25, 0.3) is 6.33 Å². The van der Waals surface area contributed by atoms with E-state index in [1.165, 1.54) is 0 Å². The molecule has 0 aliphatic heterocycles. The first-order valence-corrected chi connectivity index (χ1v) is 18.9. The Kier molecular flexibility index (Phi) is 6.01. The zero-order valence-electron chi connectivity index (χ0n) is 44.7. The highest BCUT2D eigenvalue weighted by molar-refractivity contribution is 6.09. The Morgan fingerprint density at radius 1 is 0.638 bits per heavy atom. The lowest BCUT2D eigenvalue weighted by molar-refractivity contribution is -0.571. The largest absolute Gasteiger partial charge is 0.458 e. The minimum atomic E-state index is -0.584. The van der Waals surface area contributed by atoms with Gasteiger partial charge < -0.3 is 4.74 Å². The molecule has 58 heavy (non-hydrogen) atoms. The van der Waals surface area contributed by atoms with Gasteiger partial charge in [0.1, 0.15) is 17.3 Å². The molecule has 0 radical (unpaired) electrons. The summed E-state index contributed by atoms with van der Waals surface area (Å²) in [5.41, 5.74) is 3.73. The molecule has 0 bridgehead atoms. The number of hydrogen-bond donors (Lipinski definition) is 0. The zero-order valence-corrected chi connectivity index (χ0v) is 31.7. The van der Waals surface area contributed by atoms with Crippen LogP contribution in [0.1, 0.15) is 50.1 Å². The Morgan fingerprint density at radius 3 is 2.03 bits per heavy atom. The van der Waals surface area contributed by atoms with E-state index in [0.29, 0.717) is 39.3 Å². The Morgan fingerprint density at radius 2 is 1.29 bits per heavy atom. The second-order valence-electron chi connectivity index (χ2n) is 14.3. The highest BCUT2D eigenvalue weighted by atomic mass is 16.5. The van der Waals surface area contributed by atoms with Crippen LogP contribution in [0.25, 0.3) is 72.3 Å². The number of fused-ring (bicyclic) bond motifs is 4. The van der Waals surface area contributed by atoms with Crippen LogP contribution in [0.3, 0.4) is 0 Å². The van der Waals surface area contributed by atoms with Crippen molar-refractivity contribution in [3.63, 3.8) is 0 Å². The van der Waals surface area contributed by atoms with Crippen LogP contribution >= 0.6 is 0 Å². The minimum Gasteiger partial charge on any atom is -0.458 e. The summed E-state index contributed by atoms with van der Waals surface area (Å²) in [6.07, 6.45) is 3.19. The van der Waals surface area contributed by atoms with E-state index in [2.05, 4.69) is 11.3 Å². The number of rotatable bonds is 9. The van der Waals surface area contributed by atoms with E-state index < -0.39 is 60.4 Å². The van der Waals surface area contributed by atoms with Gasteiger partial charge in [0, 0.05) is 23.0 Å². The topological polar surface area (TPSA) is 35.9 Å². The molecule has 0 spiro atoms. The lowest BCUT2D eigenvalue weighted by Crippen LogP contribution is -2.31. The van der Waals surface area contributed by atoms with Gasteiger partial charge in [-0.05, 0) is 88.1 Å². The highest BCUT2D eigenvalue weighted by Crippen LogP contribution is 2.37. The fraction of sp³-hybridized carbons (Fsp3) is 0.0943. The van der Waals surface area contributed by atoms with Gasteiger partial charge in [0.15, 0.2) is 0 Å². The molecular weight excluding hydrogens is 709 g/mol. The van der Waals surface area contributed by atoms with Crippen molar-refractivity contribution in [1.82, 2.24) is 14.1 Å². The van der Waals surface area contributed by atoms with E-state index in [1.807, 2.05) is 86.0 Å². The molecule has 0 aliphatic rings. The second-order valence-corrected chi connectivity index (χ2v) is 14.3. The maximum absolute atomic E-state index is 9.38. The predicted octanol–water partition coefficient (Wildman–Crippen LogP) is 13.1. The molecular formula is C53H42N4O. The molecule has 0 amide bonds. The average Bonchev–Trinajstić information content (AvgIpc) is 3.91. The summed E-state index contributed by atoms with van der Waals surface area (Å²) in [5, 5.41) is 1.77. The quantitative estimate of drug-likeness (QED) is 0.108. The van der Waals surface area contributed by atoms with Crippen LogP contribution in [0, 0.1) is 12.2 Å². The number of ether oxygens (including phenoxy) is 1. The van der Waals surface area contributed by atoms with Crippen molar-refractivity contribution in [3.05, 3.63) is 200 Å². The van der Waals surface area contributed by atoms with Gasteiger partial charge in [-0.25, -0.2) is 4.98 Å². The summed E-state index contributed by atoms with van der Waals surface area (Å²) < 4.78 is 125. The first-order chi connectivity index (χ1) is 33.9. The third kappa shape index (κ3) is 6.22. The number of pyridine rings is 1. The monoisotopic (exact) mass is 763 g/mol. The number of nitrogens with zero attached hydrogens (tertiary/aromatic N) is 4. The van der Waals surface area contributed by atoms with Crippen LogP contribution in [-0.2, 0) is 0 Å². The van der Waals surface area contributed by atoms with Crippen LogP contribution in [0.2, 0.25) is 0 Å². The Labute approximate surface area is 357 Å². The van der Waals surface area contributed by atoms with Crippen molar-refractivity contribution in [3.8, 4) is 50.9 Å². The van der Waals surface area contributed by atoms with Crippen LogP contribution in [0.15, 0.2) is 188 Å². The van der Waals surface area contributed by atoms with Crippen molar-refractivity contribution in [1.29, 1.82) is 0 Å². The Bertz CT molecular complexity index is 3720. The van der Waals surface area contributed by atoms with Crippen molar-refractivity contribution >= 4 is 32.8 Å². The Hall–Kier alpha value is -7.24. The van der Waals surface area contributed by atoms with Crippen LogP contribution < -0.4 is 9.30 Å². The highest BCUT2D eigenvalue weighted by Gasteiger charge is 2.21. The van der Waals surface area contributed by atoms with Crippen molar-refractivity contribution in [2.45, 2.75) is 26.7 Å². The van der Waals surface area contributed by atoms with E-state index in [4.69, 9.17) is 21.2 Å². The molecule has 5 nitrogen and oxygen atoms in total. The molecule has 0 saturated carbocycles. The van der Waals surface area contributed by atoms with E-state index in [9.17, 15) is 1.37 Å². The molecule has 10 aromatic rings. The maximum atomic E-state index is 9.38. The smallest absolute Gasteiger partial charge is 0.269 e. The van der Waals surface area contributed by atoms with Crippen LogP contribution in [-0.4, -0.2) is 14.1 Å². The van der Waals surface area contributed by atoms with E-state index >= 15 is 0 Å². The first-order valence-electron chi connectivity index (χ1n) is 25.4. The molecule has 0 fully saturated rings. The number of aromatic nitrogens is 4. The number of benzene rings is 7. The Balaban J connectivity index is 1.15. The van der Waals surface area contributed by atoms with Gasteiger partial charge in [-0.1, -0.05) is 148 Å². The van der Waals surface area contributed by atoms with Gasteiger partial charge in [0.2, 0.25) is 0 Å². The molecule has 10 rings (SSSR count). The van der Waals surface area contributed by atoms with Crippen LogP contribution in [0.5, 0.6) is 11.5 Å². The predicted molar refractivity (Wildman–Crippen MR) is 236 cm³/mol. The van der Waals surface area contributed by atoms with E-state index in [1.54, 1.807) is 57.7 Å². The molecule has 1 unspecified atom stereocenters. The molecule has 1 atom stereocenters. The normalized spacial score (nSPS) is 15.3.